The van der Waals surface area contributed by atoms with Gasteiger partial charge in [-0.3, -0.25) is 0 Å². The fraction of sp³-hybridized carbons (Fsp3) is 0.211. The summed E-state index contributed by atoms with van der Waals surface area (Å²) in [5.41, 5.74) is -3.28. The van der Waals surface area contributed by atoms with Crippen LogP contribution in [0.2, 0.25) is 5.02 Å². The summed E-state index contributed by atoms with van der Waals surface area (Å²) in [5.74, 6) is -1.14. The lowest BCUT2D eigenvalue weighted by Gasteiger charge is -2.27. The Bertz CT molecular complexity index is 1000. The summed E-state index contributed by atoms with van der Waals surface area (Å²) in [6.45, 7) is 0.985. The highest BCUT2D eigenvalue weighted by molar-refractivity contribution is 6.30. The number of alkyl halides is 3. The van der Waals surface area contributed by atoms with E-state index in [-0.39, 0.29) is 23.4 Å². The molecule has 1 atom stereocenters. The first-order valence-electron chi connectivity index (χ1n) is 8.30. The Hall–Kier alpha value is -2.91. The number of nitrogens with zero attached hydrogens (tertiary/aromatic N) is 3. The topological polar surface area (TPSA) is 77.2 Å². The summed E-state index contributed by atoms with van der Waals surface area (Å²) < 4.78 is 47.2. The third-order valence-electron chi connectivity index (χ3n) is 4.10. The molecule has 29 heavy (non-hydrogen) atoms. The van der Waals surface area contributed by atoms with E-state index in [0.717, 1.165) is 6.07 Å². The Balaban J connectivity index is 1.92. The van der Waals surface area contributed by atoms with Gasteiger partial charge in [-0.15, -0.1) is 0 Å². The number of esters is 1. The van der Waals surface area contributed by atoms with Crippen molar-refractivity contribution in [3.8, 4) is 5.75 Å². The summed E-state index contributed by atoms with van der Waals surface area (Å²) >= 11 is 5.75. The molecule has 10 heteroatoms. The average Bonchev–Trinajstić information content (AvgIpc) is 3.13. The molecule has 3 aromatic rings. The van der Waals surface area contributed by atoms with Gasteiger partial charge < -0.3 is 9.84 Å². The van der Waals surface area contributed by atoms with E-state index in [0.29, 0.717) is 11.1 Å². The van der Waals surface area contributed by atoms with Crippen LogP contribution in [0.15, 0.2) is 55.1 Å². The number of rotatable bonds is 5. The zero-order valence-electron chi connectivity index (χ0n) is 15.0. The highest BCUT2D eigenvalue weighted by Gasteiger charge is 2.39. The van der Waals surface area contributed by atoms with Gasteiger partial charge >= 0.3 is 12.1 Å². The van der Waals surface area contributed by atoms with Crippen LogP contribution in [0.1, 0.15) is 28.4 Å². The zero-order valence-corrected chi connectivity index (χ0v) is 15.8. The standard InChI is InChI=1S/C19H15ClF3N3O3/c1-18(28,9-26-11-24-10-25-26)15-7-6-14(8-16(15)19(21,22)23)29-17(27)12-2-4-13(20)5-3-12/h2-8,10-11,28H,9H2,1H3/t18-/m0/s1. The van der Waals surface area contributed by atoms with Gasteiger partial charge in [-0.1, -0.05) is 17.7 Å². The number of hydrogen-bond donors (Lipinski definition) is 1. The molecular weight excluding hydrogens is 411 g/mol. The van der Waals surface area contributed by atoms with Gasteiger partial charge in [0.15, 0.2) is 0 Å². The lowest BCUT2D eigenvalue weighted by molar-refractivity contribution is -0.140. The monoisotopic (exact) mass is 425 g/mol. The van der Waals surface area contributed by atoms with E-state index < -0.39 is 23.3 Å². The SMILES string of the molecule is C[C@](O)(Cn1cncn1)c1ccc(OC(=O)c2ccc(Cl)cc2)cc1C(F)(F)F. The molecule has 2 aromatic carbocycles. The fourth-order valence-corrected chi connectivity index (χ4v) is 2.88. The molecule has 152 valence electrons. The van der Waals surface area contributed by atoms with Crippen molar-refractivity contribution in [2.24, 2.45) is 0 Å². The van der Waals surface area contributed by atoms with Gasteiger partial charge in [-0.2, -0.15) is 18.3 Å². The summed E-state index contributed by atoms with van der Waals surface area (Å²) in [6.07, 6.45) is -2.30. The molecule has 1 heterocycles. The van der Waals surface area contributed by atoms with E-state index in [2.05, 4.69) is 10.1 Å². The predicted octanol–water partition coefficient (Wildman–Crippen LogP) is 4.08. The maximum atomic E-state index is 13.6. The molecule has 1 N–H and O–H groups in total. The normalized spacial score (nSPS) is 13.7. The molecule has 0 aliphatic rings. The molecule has 3 rings (SSSR count). The molecular formula is C19H15ClF3N3O3. The highest BCUT2D eigenvalue weighted by atomic mass is 35.5. The molecule has 0 saturated carbocycles. The van der Waals surface area contributed by atoms with Gasteiger partial charge in [0.2, 0.25) is 0 Å². The van der Waals surface area contributed by atoms with Gasteiger partial charge in [0.25, 0.3) is 0 Å². The first kappa shape index (κ1) is 20.8. The molecule has 0 radical (unpaired) electrons. The van der Waals surface area contributed by atoms with Crippen molar-refractivity contribution >= 4 is 17.6 Å². The number of benzene rings is 2. The summed E-state index contributed by atoms with van der Waals surface area (Å²) in [5, 5.41) is 14.9. The van der Waals surface area contributed by atoms with Crippen LogP contribution in [0, 0.1) is 0 Å². The lowest BCUT2D eigenvalue weighted by atomic mass is 9.90. The Morgan fingerprint density at radius 2 is 1.86 bits per heavy atom. The summed E-state index contributed by atoms with van der Waals surface area (Å²) in [7, 11) is 0. The molecule has 0 spiro atoms. The van der Waals surface area contributed by atoms with Crippen molar-refractivity contribution in [2.45, 2.75) is 25.2 Å². The smallest absolute Gasteiger partial charge is 0.416 e. The van der Waals surface area contributed by atoms with Crippen LogP contribution in [0.5, 0.6) is 5.75 Å². The number of carbonyl (C=O) groups is 1. The minimum absolute atomic E-state index is 0.130. The highest BCUT2D eigenvalue weighted by Crippen LogP contribution is 2.39. The second kappa shape index (κ2) is 7.84. The van der Waals surface area contributed by atoms with Crippen molar-refractivity contribution in [3.63, 3.8) is 0 Å². The van der Waals surface area contributed by atoms with Gasteiger partial charge in [0.05, 0.1) is 17.7 Å². The van der Waals surface area contributed by atoms with Crippen LogP contribution in [0.3, 0.4) is 0 Å². The first-order valence-corrected chi connectivity index (χ1v) is 8.68. The quantitative estimate of drug-likeness (QED) is 0.492. The Morgan fingerprint density at radius 3 is 2.45 bits per heavy atom. The molecule has 0 fully saturated rings. The molecule has 0 unspecified atom stereocenters. The van der Waals surface area contributed by atoms with E-state index in [4.69, 9.17) is 16.3 Å². The van der Waals surface area contributed by atoms with Crippen LogP contribution in [0.25, 0.3) is 0 Å². The van der Waals surface area contributed by atoms with Crippen LogP contribution in [-0.4, -0.2) is 25.8 Å². The number of hydrogen-bond acceptors (Lipinski definition) is 5. The number of aliphatic hydroxyl groups is 1. The second-order valence-electron chi connectivity index (χ2n) is 6.47. The molecule has 0 bridgehead atoms. The molecule has 0 aliphatic carbocycles. The zero-order chi connectivity index (χ0) is 21.2. The summed E-state index contributed by atoms with van der Waals surface area (Å²) in [6, 6.07) is 8.66. The summed E-state index contributed by atoms with van der Waals surface area (Å²) in [4.78, 5) is 15.9. The van der Waals surface area contributed by atoms with Crippen LogP contribution in [0.4, 0.5) is 13.2 Å². The van der Waals surface area contributed by atoms with E-state index in [9.17, 15) is 23.1 Å². The van der Waals surface area contributed by atoms with Crippen molar-refractivity contribution in [1.82, 2.24) is 14.8 Å². The van der Waals surface area contributed by atoms with Crippen molar-refractivity contribution < 1.29 is 27.8 Å². The molecule has 6 nitrogen and oxygen atoms in total. The molecule has 0 saturated heterocycles. The van der Waals surface area contributed by atoms with Gasteiger partial charge in [-0.25, -0.2) is 14.5 Å². The van der Waals surface area contributed by atoms with Crippen LogP contribution in [-0.2, 0) is 18.3 Å². The predicted molar refractivity (Wildman–Crippen MR) is 97.4 cm³/mol. The number of halogens is 4. The van der Waals surface area contributed by atoms with Gasteiger partial charge in [-0.05, 0) is 48.9 Å². The van der Waals surface area contributed by atoms with Crippen LogP contribution < -0.4 is 4.74 Å². The maximum Gasteiger partial charge on any atom is 0.416 e. The Morgan fingerprint density at radius 1 is 1.17 bits per heavy atom. The van der Waals surface area contributed by atoms with E-state index >= 15 is 0 Å². The number of carbonyl (C=O) groups excluding carboxylic acids is 1. The third-order valence-corrected chi connectivity index (χ3v) is 4.36. The molecule has 0 amide bonds. The van der Waals surface area contributed by atoms with Crippen molar-refractivity contribution in [3.05, 3.63) is 76.8 Å². The van der Waals surface area contributed by atoms with Crippen molar-refractivity contribution in [2.75, 3.05) is 0 Å². The van der Waals surface area contributed by atoms with Crippen LogP contribution >= 0.6 is 11.6 Å². The van der Waals surface area contributed by atoms with Gasteiger partial charge in [0.1, 0.15) is 24.0 Å². The number of aromatic nitrogens is 3. The Labute approximate surface area is 168 Å². The van der Waals surface area contributed by atoms with Crippen molar-refractivity contribution in [1.29, 1.82) is 0 Å². The first-order chi connectivity index (χ1) is 13.6. The minimum atomic E-state index is -4.79. The fourth-order valence-electron chi connectivity index (χ4n) is 2.76. The largest absolute Gasteiger partial charge is 0.423 e. The molecule has 1 aromatic heterocycles. The van der Waals surface area contributed by atoms with E-state index in [1.54, 1.807) is 0 Å². The number of ether oxygens (including phenoxy) is 1. The molecule has 0 aliphatic heterocycles. The second-order valence-corrected chi connectivity index (χ2v) is 6.90. The third kappa shape index (κ3) is 4.93. The van der Waals surface area contributed by atoms with Gasteiger partial charge in [0, 0.05) is 5.02 Å². The average molecular weight is 426 g/mol. The Kier molecular flexibility index (Phi) is 5.63. The lowest BCUT2D eigenvalue weighted by Crippen LogP contribution is -2.31. The van der Waals surface area contributed by atoms with E-state index in [1.807, 2.05) is 0 Å². The van der Waals surface area contributed by atoms with E-state index in [1.165, 1.54) is 54.6 Å². The minimum Gasteiger partial charge on any atom is -0.423 e. The maximum absolute atomic E-state index is 13.6.